The van der Waals surface area contributed by atoms with Gasteiger partial charge in [0.05, 0.1) is 18.1 Å². The van der Waals surface area contributed by atoms with E-state index in [-0.39, 0.29) is 49.0 Å². The summed E-state index contributed by atoms with van der Waals surface area (Å²) in [6.07, 6.45) is 0.398. The second-order valence-corrected chi connectivity index (χ2v) is 14.6. The third kappa shape index (κ3) is 4.64. The van der Waals surface area contributed by atoms with Crippen LogP contribution in [0.1, 0.15) is 89.7 Å². The van der Waals surface area contributed by atoms with Crippen LogP contribution in [0.3, 0.4) is 0 Å². The van der Waals surface area contributed by atoms with Gasteiger partial charge in [-0.15, -0.1) is 0 Å². The van der Waals surface area contributed by atoms with Gasteiger partial charge in [0.25, 0.3) is 0 Å². The molecule has 6 atom stereocenters. The van der Waals surface area contributed by atoms with Gasteiger partial charge in [0.15, 0.2) is 28.7 Å². The molecule has 0 saturated heterocycles. The molecule has 2 fully saturated rings. The number of rotatable bonds is 6. The number of ether oxygens (including phenoxy) is 1. The van der Waals surface area contributed by atoms with Crippen molar-refractivity contribution < 1.29 is 43.7 Å². The maximum absolute atomic E-state index is 14.3. The van der Waals surface area contributed by atoms with Crippen molar-refractivity contribution in [2.45, 2.75) is 86.7 Å². The van der Waals surface area contributed by atoms with Gasteiger partial charge in [0.2, 0.25) is 0 Å². The van der Waals surface area contributed by atoms with E-state index >= 15 is 0 Å². The minimum Gasteiger partial charge on any atom is -0.507 e. The lowest BCUT2D eigenvalue weighted by Gasteiger charge is -2.61. The van der Waals surface area contributed by atoms with Crippen LogP contribution in [-0.2, 0) is 41.6 Å². The van der Waals surface area contributed by atoms with Crippen LogP contribution < -0.4 is 0 Å². The fourth-order valence-electron chi connectivity index (χ4n) is 8.04. The van der Waals surface area contributed by atoms with Gasteiger partial charge in [-0.2, -0.15) is 0 Å². The lowest BCUT2D eigenvalue weighted by atomic mass is 9.40. The van der Waals surface area contributed by atoms with Crippen LogP contribution in [0, 0.1) is 39.9 Å². The lowest BCUT2D eigenvalue weighted by molar-refractivity contribution is -0.205. The van der Waals surface area contributed by atoms with E-state index in [1.165, 1.54) is 13.0 Å². The molecule has 0 aromatic heterocycles. The van der Waals surface area contributed by atoms with E-state index in [9.17, 15) is 39.0 Å². The van der Waals surface area contributed by atoms with Gasteiger partial charge in [-0.3, -0.25) is 28.8 Å². The minimum atomic E-state index is -2.73. The molecule has 9 heteroatoms. The SMILES string of the molecule is CC(=O)C1C(=O)C(C(C)C)[C@@]2(C)C[C@@]3(C)Cc4c(CCC(=O)OCC(C)(C)C)ccc(O)c4C(=O)C3C(=O)[C@@]2(O)C1=O. The Morgan fingerprint density at radius 2 is 1.69 bits per heavy atom. The summed E-state index contributed by atoms with van der Waals surface area (Å²) in [4.78, 5) is 80.7. The molecule has 0 heterocycles. The maximum Gasteiger partial charge on any atom is 0.306 e. The van der Waals surface area contributed by atoms with E-state index in [4.69, 9.17) is 4.74 Å². The number of fused-ring (bicyclic) bond motifs is 3. The van der Waals surface area contributed by atoms with E-state index in [1.807, 2.05) is 20.8 Å². The van der Waals surface area contributed by atoms with Crippen molar-refractivity contribution in [1.29, 1.82) is 0 Å². The van der Waals surface area contributed by atoms with Crippen LogP contribution in [0.15, 0.2) is 12.1 Å². The largest absolute Gasteiger partial charge is 0.507 e. The predicted molar refractivity (Wildman–Crippen MR) is 152 cm³/mol. The quantitative estimate of drug-likeness (QED) is 0.378. The predicted octanol–water partition coefficient (Wildman–Crippen LogP) is 3.61. The van der Waals surface area contributed by atoms with Gasteiger partial charge < -0.3 is 14.9 Å². The first kappa shape index (κ1) is 31.7. The van der Waals surface area contributed by atoms with Crippen LogP contribution in [0.25, 0.3) is 0 Å². The molecular weight excluding hydrogens is 540 g/mol. The monoisotopic (exact) mass is 582 g/mol. The Bertz CT molecular complexity index is 1400. The molecule has 0 bridgehead atoms. The molecule has 2 N–H and O–H groups in total. The van der Waals surface area contributed by atoms with Crippen LogP contribution in [0.5, 0.6) is 5.75 Å². The van der Waals surface area contributed by atoms with Gasteiger partial charge in [-0.25, -0.2) is 0 Å². The number of phenols is 1. The number of carbonyl (C=O) groups is 6. The molecule has 9 nitrogen and oxygen atoms in total. The summed E-state index contributed by atoms with van der Waals surface area (Å²) in [6, 6.07) is 2.99. The zero-order valence-corrected chi connectivity index (χ0v) is 25.8. The highest BCUT2D eigenvalue weighted by molar-refractivity contribution is 6.32. The summed E-state index contributed by atoms with van der Waals surface area (Å²) in [5, 5.41) is 22.9. The fourth-order valence-corrected chi connectivity index (χ4v) is 8.04. The van der Waals surface area contributed by atoms with Gasteiger partial charge in [0.1, 0.15) is 17.5 Å². The average Bonchev–Trinajstić information content (AvgIpc) is 2.83. The standard InChI is InChI=1S/C33H42O9/c1-16(2)24-26(37)22(17(3)34)28(39)33(41)29(40)25-27(38)23-19(13-31(25,7)14-32(24,33)8)18(9-11-20(23)35)10-12-21(36)42-15-30(4,5)6/h9,11,16,22,24-25,35,41H,10,12-15H2,1-8H3/t22?,24?,25?,31-,32-,33+/m1/s1. The molecule has 42 heavy (non-hydrogen) atoms. The number of benzene rings is 1. The van der Waals surface area contributed by atoms with Crippen molar-refractivity contribution in [2.24, 2.45) is 39.9 Å². The van der Waals surface area contributed by atoms with E-state index in [0.717, 1.165) is 6.92 Å². The topological polar surface area (TPSA) is 152 Å². The number of ketones is 5. The molecular formula is C33H42O9. The molecule has 4 rings (SSSR count). The minimum absolute atomic E-state index is 0.0221. The zero-order chi connectivity index (χ0) is 31.7. The fraction of sp³-hybridized carbons (Fsp3) is 0.636. The first-order chi connectivity index (χ1) is 19.2. The summed E-state index contributed by atoms with van der Waals surface area (Å²) >= 11 is 0. The summed E-state index contributed by atoms with van der Waals surface area (Å²) in [7, 11) is 0. The van der Waals surface area contributed by atoms with E-state index in [1.54, 1.807) is 26.8 Å². The van der Waals surface area contributed by atoms with Crippen molar-refractivity contribution in [3.05, 3.63) is 28.8 Å². The van der Waals surface area contributed by atoms with E-state index in [2.05, 4.69) is 0 Å². The Morgan fingerprint density at radius 1 is 1.07 bits per heavy atom. The first-order valence-electron chi connectivity index (χ1n) is 14.6. The number of esters is 1. The number of hydrogen-bond donors (Lipinski definition) is 2. The molecule has 1 aromatic carbocycles. The van der Waals surface area contributed by atoms with Crippen molar-refractivity contribution in [2.75, 3.05) is 6.61 Å². The summed E-state index contributed by atoms with van der Waals surface area (Å²) in [5.41, 5.74) is -4.54. The Kier molecular flexibility index (Phi) is 7.71. The van der Waals surface area contributed by atoms with Crippen molar-refractivity contribution in [3.63, 3.8) is 0 Å². The third-order valence-electron chi connectivity index (χ3n) is 9.62. The second kappa shape index (κ2) is 10.2. The van der Waals surface area contributed by atoms with Gasteiger partial charge in [0, 0.05) is 17.8 Å². The van der Waals surface area contributed by atoms with Crippen LogP contribution in [-0.4, -0.2) is 57.3 Å². The smallest absolute Gasteiger partial charge is 0.306 e. The molecule has 2 saturated carbocycles. The van der Waals surface area contributed by atoms with Gasteiger partial charge >= 0.3 is 5.97 Å². The molecule has 0 radical (unpaired) electrons. The van der Waals surface area contributed by atoms with Crippen LogP contribution >= 0.6 is 0 Å². The number of aryl methyl sites for hydroxylation is 1. The Labute approximate surface area is 246 Å². The summed E-state index contributed by atoms with van der Waals surface area (Å²) in [5.74, 6) is -9.69. The summed E-state index contributed by atoms with van der Waals surface area (Å²) < 4.78 is 5.38. The average molecular weight is 583 g/mol. The Hall–Kier alpha value is -3.20. The van der Waals surface area contributed by atoms with E-state index in [0.29, 0.717) is 11.1 Å². The number of hydrogen-bond acceptors (Lipinski definition) is 9. The summed E-state index contributed by atoms with van der Waals surface area (Å²) in [6.45, 7) is 13.9. The molecule has 0 amide bonds. The maximum atomic E-state index is 14.3. The normalized spacial score (nSPS) is 32.8. The zero-order valence-electron chi connectivity index (χ0n) is 25.8. The Morgan fingerprint density at radius 3 is 2.24 bits per heavy atom. The molecule has 3 aliphatic carbocycles. The molecule has 0 spiro atoms. The molecule has 3 unspecified atom stereocenters. The molecule has 1 aromatic rings. The van der Waals surface area contributed by atoms with Crippen molar-refractivity contribution in [3.8, 4) is 5.75 Å². The van der Waals surface area contributed by atoms with E-state index < -0.39 is 75.0 Å². The second-order valence-electron chi connectivity index (χ2n) is 14.6. The van der Waals surface area contributed by atoms with Crippen LogP contribution in [0.4, 0.5) is 0 Å². The first-order valence-corrected chi connectivity index (χ1v) is 14.6. The number of phenolic OH excluding ortho intramolecular Hbond substituents is 1. The van der Waals surface area contributed by atoms with Crippen LogP contribution in [0.2, 0.25) is 0 Å². The number of aromatic hydroxyl groups is 1. The molecule has 228 valence electrons. The van der Waals surface area contributed by atoms with Gasteiger partial charge in [-0.05, 0) is 60.1 Å². The highest BCUT2D eigenvalue weighted by atomic mass is 16.5. The lowest BCUT2D eigenvalue weighted by Crippen LogP contribution is -2.76. The molecule has 0 aliphatic heterocycles. The molecule has 3 aliphatic rings. The van der Waals surface area contributed by atoms with Gasteiger partial charge in [-0.1, -0.05) is 54.5 Å². The number of carbonyl (C=O) groups excluding carboxylic acids is 6. The highest BCUT2D eigenvalue weighted by Gasteiger charge is 2.76. The Balaban J connectivity index is 1.80. The highest BCUT2D eigenvalue weighted by Crippen LogP contribution is 2.63. The third-order valence-corrected chi connectivity index (χ3v) is 9.62. The number of aliphatic hydroxyl groups is 1. The number of Topliss-reactive ketones (excluding diaryl/α,β-unsaturated/α-hetero) is 5. The van der Waals surface area contributed by atoms with Crippen molar-refractivity contribution in [1.82, 2.24) is 0 Å². The van der Waals surface area contributed by atoms with Crippen molar-refractivity contribution >= 4 is 34.9 Å².